The quantitative estimate of drug-likeness (QED) is 0.713. The molecule has 0 amide bonds. The van der Waals surface area contributed by atoms with E-state index in [1.165, 1.54) is 17.0 Å². The van der Waals surface area contributed by atoms with Crippen LogP contribution in [0.4, 0.5) is 13.2 Å². The summed E-state index contributed by atoms with van der Waals surface area (Å²) in [6.45, 7) is -0.706. The van der Waals surface area contributed by atoms with Crippen LogP contribution in [0.1, 0.15) is 12.0 Å². The lowest BCUT2D eigenvalue weighted by Gasteiger charge is -2.25. The Morgan fingerprint density at radius 2 is 1.95 bits per heavy atom. The van der Waals surface area contributed by atoms with E-state index in [0.717, 1.165) is 0 Å². The van der Waals surface area contributed by atoms with Crippen molar-refractivity contribution in [2.75, 3.05) is 19.7 Å². The van der Waals surface area contributed by atoms with Crippen molar-refractivity contribution in [3.05, 3.63) is 29.8 Å². The first-order valence-corrected chi connectivity index (χ1v) is 6.16. The summed E-state index contributed by atoms with van der Waals surface area (Å²) >= 11 is 0. The lowest BCUT2D eigenvalue weighted by molar-refractivity contribution is -0.139. The second-order valence-electron chi connectivity index (χ2n) is 4.61. The first-order valence-electron chi connectivity index (χ1n) is 6.16. The van der Waals surface area contributed by atoms with Crippen LogP contribution in [0.5, 0.6) is 5.75 Å². The molecule has 0 aliphatic heterocycles. The van der Waals surface area contributed by atoms with E-state index < -0.39 is 25.3 Å². The van der Waals surface area contributed by atoms with Crippen LogP contribution in [0.3, 0.4) is 0 Å². The van der Waals surface area contributed by atoms with Gasteiger partial charge in [0.2, 0.25) is 0 Å². The van der Waals surface area contributed by atoms with Gasteiger partial charge in [-0.25, -0.2) is 0 Å². The molecule has 1 rings (SSSR count). The number of phenols is 1. The van der Waals surface area contributed by atoms with Crippen LogP contribution in [0.15, 0.2) is 24.3 Å². The topological polar surface area (TPSA) is 63.9 Å². The molecule has 0 radical (unpaired) electrons. The van der Waals surface area contributed by atoms with Crippen molar-refractivity contribution >= 4 is 0 Å². The van der Waals surface area contributed by atoms with Crippen molar-refractivity contribution in [3.63, 3.8) is 0 Å². The zero-order chi connectivity index (χ0) is 15.2. The molecule has 3 N–H and O–H groups in total. The highest BCUT2D eigenvalue weighted by molar-refractivity contribution is 5.26. The SMILES string of the molecule is OC[C@@H](O)CN(CCC(F)(F)F)Cc1cccc(O)c1. The predicted octanol–water partition coefficient (Wildman–Crippen LogP) is 1.50. The summed E-state index contributed by atoms with van der Waals surface area (Å²) in [6.07, 6.45) is -6.37. The molecule has 0 aliphatic rings. The van der Waals surface area contributed by atoms with E-state index >= 15 is 0 Å². The fourth-order valence-electron chi connectivity index (χ4n) is 1.79. The monoisotopic (exact) mass is 293 g/mol. The molecule has 0 aliphatic carbocycles. The number of hydrogen-bond donors (Lipinski definition) is 3. The fourth-order valence-corrected chi connectivity index (χ4v) is 1.79. The Morgan fingerprint density at radius 3 is 2.50 bits per heavy atom. The molecular formula is C13H18F3NO3. The van der Waals surface area contributed by atoms with Gasteiger partial charge in [-0.3, -0.25) is 4.90 Å². The van der Waals surface area contributed by atoms with Crippen LogP contribution in [0.25, 0.3) is 0 Å². The first-order chi connectivity index (χ1) is 9.30. The van der Waals surface area contributed by atoms with E-state index in [0.29, 0.717) is 5.56 Å². The van der Waals surface area contributed by atoms with E-state index in [-0.39, 0.29) is 25.4 Å². The molecule has 114 valence electrons. The molecule has 20 heavy (non-hydrogen) atoms. The third kappa shape index (κ3) is 6.74. The number of nitrogens with zero attached hydrogens (tertiary/aromatic N) is 1. The van der Waals surface area contributed by atoms with Crippen LogP contribution in [-0.4, -0.2) is 52.2 Å². The van der Waals surface area contributed by atoms with Gasteiger partial charge in [0.05, 0.1) is 19.1 Å². The average molecular weight is 293 g/mol. The molecule has 0 aromatic heterocycles. The highest BCUT2D eigenvalue weighted by Gasteiger charge is 2.28. The minimum absolute atomic E-state index is 0.0287. The fraction of sp³-hybridized carbons (Fsp3) is 0.538. The molecule has 0 saturated carbocycles. The van der Waals surface area contributed by atoms with Crippen molar-refractivity contribution in [3.8, 4) is 5.75 Å². The van der Waals surface area contributed by atoms with Crippen LogP contribution < -0.4 is 0 Å². The first kappa shape index (κ1) is 16.7. The van der Waals surface area contributed by atoms with Gasteiger partial charge in [0.15, 0.2) is 0 Å². The number of aromatic hydroxyl groups is 1. The number of benzene rings is 1. The minimum Gasteiger partial charge on any atom is -0.508 e. The smallest absolute Gasteiger partial charge is 0.390 e. The van der Waals surface area contributed by atoms with Gasteiger partial charge >= 0.3 is 6.18 Å². The lowest BCUT2D eigenvalue weighted by atomic mass is 10.2. The molecule has 7 heteroatoms. The summed E-state index contributed by atoms with van der Waals surface area (Å²) in [5.74, 6) is 0.0287. The molecule has 1 aromatic rings. The molecule has 0 bridgehead atoms. The lowest BCUT2D eigenvalue weighted by Crippen LogP contribution is -2.36. The number of alkyl halides is 3. The molecule has 4 nitrogen and oxygen atoms in total. The van der Waals surface area contributed by atoms with Crippen molar-refractivity contribution in [1.29, 1.82) is 0 Å². The van der Waals surface area contributed by atoms with Gasteiger partial charge in [-0.15, -0.1) is 0 Å². The number of phenolic OH excluding ortho intramolecular Hbond substituents is 1. The molecule has 1 aromatic carbocycles. The van der Waals surface area contributed by atoms with Gasteiger partial charge in [-0.1, -0.05) is 12.1 Å². The van der Waals surface area contributed by atoms with Gasteiger partial charge in [0, 0.05) is 19.6 Å². The van der Waals surface area contributed by atoms with Gasteiger partial charge in [0.25, 0.3) is 0 Å². The molecule has 1 atom stereocenters. The predicted molar refractivity (Wildman–Crippen MR) is 67.1 cm³/mol. The number of rotatable bonds is 7. The maximum Gasteiger partial charge on any atom is 0.390 e. The van der Waals surface area contributed by atoms with Crippen LogP contribution >= 0.6 is 0 Å². The third-order valence-corrected chi connectivity index (χ3v) is 2.71. The normalized spacial score (nSPS) is 13.7. The van der Waals surface area contributed by atoms with Crippen molar-refractivity contribution in [2.24, 2.45) is 0 Å². The molecule has 0 saturated heterocycles. The van der Waals surface area contributed by atoms with Gasteiger partial charge in [-0.2, -0.15) is 13.2 Å². The Morgan fingerprint density at radius 1 is 1.25 bits per heavy atom. The molecule has 0 spiro atoms. The van der Waals surface area contributed by atoms with E-state index in [9.17, 15) is 23.4 Å². The van der Waals surface area contributed by atoms with Crippen molar-refractivity contribution in [2.45, 2.75) is 25.2 Å². The largest absolute Gasteiger partial charge is 0.508 e. The van der Waals surface area contributed by atoms with Crippen molar-refractivity contribution in [1.82, 2.24) is 4.90 Å². The Kier molecular flexibility index (Phi) is 6.25. The highest BCUT2D eigenvalue weighted by Crippen LogP contribution is 2.21. The van der Waals surface area contributed by atoms with Gasteiger partial charge < -0.3 is 15.3 Å². The molecule has 0 unspecified atom stereocenters. The molecule has 0 heterocycles. The van der Waals surface area contributed by atoms with E-state index in [4.69, 9.17) is 5.11 Å². The maximum absolute atomic E-state index is 12.3. The van der Waals surface area contributed by atoms with Crippen LogP contribution in [-0.2, 0) is 6.54 Å². The second kappa shape index (κ2) is 7.47. The number of halogens is 3. The van der Waals surface area contributed by atoms with Crippen molar-refractivity contribution < 1.29 is 28.5 Å². The number of aliphatic hydroxyl groups is 2. The summed E-state index contributed by atoms with van der Waals surface area (Å²) in [4.78, 5) is 1.39. The van der Waals surface area contributed by atoms with E-state index in [1.54, 1.807) is 12.1 Å². The van der Waals surface area contributed by atoms with Gasteiger partial charge in [0.1, 0.15) is 5.75 Å². The zero-order valence-corrected chi connectivity index (χ0v) is 10.8. The van der Waals surface area contributed by atoms with Crippen LogP contribution in [0, 0.1) is 0 Å². The summed E-state index contributed by atoms with van der Waals surface area (Å²) in [6, 6.07) is 6.18. The summed E-state index contributed by atoms with van der Waals surface area (Å²) in [5, 5.41) is 27.5. The number of hydrogen-bond acceptors (Lipinski definition) is 4. The second-order valence-corrected chi connectivity index (χ2v) is 4.61. The highest BCUT2D eigenvalue weighted by atomic mass is 19.4. The molecular weight excluding hydrogens is 275 g/mol. The maximum atomic E-state index is 12.3. The van der Waals surface area contributed by atoms with Crippen LogP contribution in [0.2, 0.25) is 0 Å². The Hall–Kier alpha value is -1.31. The Balaban J connectivity index is 2.66. The average Bonchev–Trinajstić information content (AvgIpc) is 2.35. The molecule has 0 fully saturated rings. The van der Waals surface area contributed by atoms with E-state index in [1.807, 2.05) is 0 Å². The number of aliphatic hydroxyl groups excluding tert-OH is 2. The standard InChI is InChI=1S/C13H18F3NO3/c14-13(15,16)4-5-17(8-12(20)9-18)7-10-2-1-3-11(19)6-10/h1-3,6,12,18-20H,4-5,7-9H2/t12-/m0/s1. The Labute approximate surface area is 115 Å². The summed E-state index contributed by atoms with van der Waals surface area (Å²) in [7, 11) is 0. The van der Waals surface area contributed by atoms with E-state index in [2.05, 4.69) is 0 Å². The third-order valence-electron chi connectivity index (χ3n) is 2.71. The minimum atomic E-state index is -4.28. The summed E-state index contributed by atoms with van der Waals surface area (Å²) in [5.41, 5.74) is 0.636. The summed E-state index contributed by atoms with van der Waals surface area (Å²) < 4.78 is 36.8. The van der Waals surface area contributed by atoms with Gasteiger partial charge in [-0.05, 0) is 17.7 Å². The Bertz CT molecular complexity index is 412. The zero-order valence-electron chi connectivity index (χ0n) is 10.8.